The van der Waals surface area contributed by atoms with Gasteiger partial charge in [-0.2, -0.15) is 5.10 Å². The topological polar surface area (TPSA) is 35.2 Å². The molecule has 1 saturated heterocycles. The van der Waals surface area contributed by atoms with Crippen LogP contribution < -0.4 is 4.90 Å². The van der Waals surface area contributed by atoms with Crippen molar-refractivity contribution < 1.29 is 11.0 Å². The van der Waals surface area contributed by atoms with Crippen molar-refractivity contribution in [3.63, 3.8) is 0 Å². The SMILES string of the molecule is Cl.Cl.[2H]C1([2H])N(CCc2cc(C)[nH]n2)C([2H])([2H])C([2H])([2H])N(c2cccc(Cl)c2)C1([2H])[2H]. The molecule has 1 aromatic carbocycles. The number of aryl methyl sites for hydroxylation is 1. The monoisotopic (exact) mass is 384 g/mol. The van der Waals surface area contributed by atoms with Crippen LogP contribution in [0, 0.1) is 6.92 Å². The third-order valence-electron chi connectivity index (χ3n) is 3.01. The Hall–Kier alpha value is -0.940. The molecule has 23 heavy (non-hydrogen) atoms. The summed E-state index contributed by atoms with van der Waals surface area (Å²) in [5, 5.41) is 6.97. The predicted octanol–water partition coefficient (Wildman–Crippen LogP) is 3.58. The van der Waals surface area contributed by atoms with Crippen LogP contribution in [-0.4, -0.2) is 47.6 Å². The summed E-state index contributed by atoms with van der Waals surface area (Å²) in [5.41, 5.74) is 1.28. The maximum atomic E-state index is 8.45. The molecule has 1 aliphatic heterocycles. The molecule has 1 aliphatic rings. The van der Waals surface area contributed by atoms with Gasteiger partial charge in [0.15, 0.2) is 0 Å². The maximum Gasteiger partial charge on any atom is 0.0637 e. The number of nitrogens with one attached hydrogen (secondary N) is 1. The Bertz CT molecular complexity index is 880. The Morgan fingerprint density at radius 3 is 2.57 bits per heavy atom. The second-order valence-electron chi connectivity index (χ2n) is 4.71. The molecule has 0 unspecified atom stereocenters. The van der Waals surface area contributed by atoms with Crippen LogP contribution in [0.2, 0.25) is 5.02 Å². The van der Waals surface area contributed by atoms with Gasteiger partial charge >= 0.3 is 0 Å². The minimum atomic E-state index is -2.91. The summed E-state index contributed by atoms with van der Waals surface area (Å²) in [7, 11) is 0. The molecular formula is C16H23Cl3N4. The smallest absolute Gasteiger partial charge is 0.0637 e. The third-order valence-corrected chi connectivity index (χ3v) is 3.25. The zero-order valence-electron chi connectivity index (χ0n) is 20.3. The fourth-order valence-corrected chi connectivity index (χ4v) is 2.15. The molecule has 0 amide bonds. The van der Waals surface area contributed by atoms with E-state index in [0.717, 1.165) is 5.69 Å². The number of anilines is 1. The van der Waals surface area contributed by atoms with Crippen molar-refractivity contribution in [2.24, 2.45) is 0 Å². The Balaban J connectivity index is 0.00000240. The van der Waals surface area contributed by atoms with Gasteiger partial charge in [0.05, 0.1) is 11.2 Å². The highest BCUT2D eigenvalue weighted by Crippen LogP contribution is 2.20. The average Bonchev–Trinajstić information content (AvgIpc) is 2.98. The summed E-state index contributed by atoms with van der Waals surface area (Å²) in [6, 6.07) is 7.36. The fourth-order valence-electron chi connectivity index (χ4n) is 1.96. The molecule has 0 radical (unpaired) electrons. The molecule has 7 heteroatoms. The van der Waals surface area contributed by atoms with Gasteiger partial charge < -0.3 is 4.90 Å². The second-order valence-corrected chi connectivity index (χ2v) is 5.14. The van der Waals surface area contributed by atoms with Gasteiger partial charge in [-0.3, -0.25) is 10.00 Å². The summed E-state index contributed by atoms with van der Waals surface area (Å²) >= 11 is 5.96. The van der Waals surface area contributed by atoms with Crippen molar-refractivity contribution in [1.82, 2.24) is 15.1 Å². The normalized spacial score (nSPS) is 28.9. The molecule has 1 fully saturated rings. The number of nitrogens with zero attached hydrogens (tertiary/aromatic N) is 3. The van der Waals surface area contributed by atoms with Gasteiger partial charge in [-0.15, -0.1) is 24.8 Å². The van der Waals surface area contributed by atoms with Gasteiger partial charge in [0.25, 0.3) is 0 Å². The van der Waals surface area contributed by atoms with Crippen LogP contribution in [0.3, 0.4) is 0 Å². The highest BCUT2D eigenvalue weighted by molar-refractivity contribution is 6.30. The molecule has 0 spiro atoms. The van der Waals surface area contributed by atoms with Gasteiger partial charge in [-0.05, 0) is 31.2 Å². The van der Waals surface area contributed by atoms with Gasteiger partial charge in [0, 0.05) is 60.8 Å². The predicted molar refractivity (Wildman–Crippen MR) is 102 cm³/mol. The summed E-state index contributed by atoms with van der Waals surface area (Å²) in [5.74, 6) is 0. The highest BCUT2D eigenvalue weighted by Gasteiger charge is 2.17. The number of H-pyrrole nitrogens is 1. The maximum absolute atomic E-state index is 8.45. The van der Waals surface area contributed by atoms with Crippen LogP contribution in [0.4, 0.5) is 5.69 Å². The molecule has 4 nitrogen and oxygen atoms in total. The number of aromatic amines is 1. The molecule has 2 aromatic rings. The first-order valence-electron chi connectivity index (χ1n) is 10.6. The van der Waals surface area contributed by atoms with E-state index in [9.17, 15) is 0 Å². The van der Waals surface area contributed by atoms with E-state index in [1.165, 1.54) is 24.3 Å². The molecule has 1 aromatic heterocycles. The van der Waals surface area contributed by atoms with Crippen molar-refractivity contribution in [1.29, 1.82) is 0 Å². The summed E-state index contributed by atoms with van der Waals surface area (Å²) in [6.07, 6.45) is 0.118. The van der Waals surface area contributed by atoms with E-state index in [2.05, 4.69) is 10.2 Å². The fraction of sp³-hybridized carbons (Fsp3) is 0.438. The summed E-state index contributed by atoms with van der Waals surface area (Å²) < 4.78 is 67.5. The van der Waals surface area contributed by atoms with Crippen molar-refractivity contribution in [3.8, 4) is 0 Å². The number of hydrogen-bond donors (Lipinski definition) is 1. The van der Waals surface area contributed by atoms with E-state index in [0.29, 0.717) is 15.5 Å². The van der Waals surface area contributed by atoms with E-state index in [4.69, 9.17) is 22.6 Å². The largest absolute Gasteiger partial charge is 0.369 e. The van der Waals surface area contributed by atoms with Gasteiger partial charge in [-0.1, -0.05) is 17.7 Å². The van der Waals surface area contributed by atoms with Gasteiger partial charge in [0.2, 0.25) is 0 Å². The standard InChI is InChI=1S/C16H21ClN4.2ClH/c1-13-11-15(19-18-13)5-6-20-7-9-21(10-8-20)16-4-2-3-14(17)12-16;;/h2-4,11-12H,5-10H2,1H3,(H,18,19);2*1H/i7D2,8D2,9D2,10D2;;. The summed E-state index contributed by atoms with van der Waals surface area (Å²) in [6.45, 7) is -10.0. The number of piperazine rings is 1. The Morgan fingerprint density at radius 1 is 1.22 bits per heavy atom. The molecule has 3 rings (SSSR count). The molecular weight excluding hydrogens is 355 g/mol. The lowest BCUT2D eigenvalue weighted by atomic mass is 10.2. The number of halogens is 3. The molecule has 0 saturated carbocycles. The lowest BCUT2D eigenvalue weighted by molar-refractivity contribution is 0.260. The van der Waals surface area contributed by atoms with Crippen molar-refractivity contribution in [2.45, 2.75) is 13.3 Å². The number of hydrogen-bond acceptors (Lipinski definition) is 3. The van der Waals surface area contributed by atoms with Crippen LogP contribution in [0.15, 0.2) is 30.3 Å². The zero-order valence-corrected chi connectivity index (χ0v) is 14.7. The van der Waals surface area contributed by atoms with Gasteiger partial charge in [0.1, 0.15) is 0 Å². The molecule has 0 bridgehead atoms. The van der Waals surface area contributed by atoms with Crippen molar-refractivity contribution in [3.05, 3.63) is 46.7 Å². The number of benzene rings is 1. The minimum Gasteiger partial charge on any atom is -0.369 e. The van der Waals surface area contributed by atoms with Crippen LogP contribution in [-0.2, 0) is 6.42 Å². The Morgan fingerprint density at radius 2 is 1.96 bits per heavy atom. The Labute approximate surface area is 166 Å². The van der Waals surface area contributed by atoms with E-state index < -0.39 is 26.0 Å². The van der Waals surface area contributed by atoms with Crippen LogP contribution in [0.25, 0.3) is 0 Å². The lowest BCUT2D eigenvalue weighted by Gasteiger charge is -2.36. The minimum absolute atomic E-state index is 0. The van der Waals surface area contributed by atoms with Gasteiger partial charge in [-0.25, -0.2) is 0 Å². The highest BCUT2D eigenvalue weighted by atomic mass is 35.5. The molecule has 1 N–H and O–H groups in total. The molecule has 2 heterocycles. The lowest BCUT2D eigenvalue weighted by Crippen LogP contribution is -2.47. The van der Waals surface area contributed by atoms with E-state index in [-0.39, 0.29) is 48.5 Å². The first-order chi connectivity index (χ1) is 13.2. The van der Waals surface area contributed by atoms with Crippen molar-refractivity contribution >= 4 is 42.1 Å². The Kier molecular flexibility index (Phi) is 4.42. The van der Waals surface area contributed by atoms with Crippen LogP contribution in [0.1, 0.15) is 22.4 Å². The van der Waals surface area contributed by atoms with Crippen LogP contribution in [0.5, 0.6) is 0 Å². The quantitative estimate of drug-likeness (QED) is 0.873. The van der Waals surface area contributed by atoms with E-state index >= 15 is 0 Å². The zero-order chi connectivity index (χ0) is 21.8. The first-order valence-corrected chi connectivity index (χ1v) is 6.95. The third kappa shape index (κ3) is 5.57. The summed E-state index contributed by atoms with van der Waals surface area (Å²) in [4.78, 5) is 1.10. The second kappa shape index (κ2) is 9.38. The van der Waals surface area contributed by atoms with Crippen LogP contribution >= 0.6 is 36.4 Å². The van der Waals surface area contributed by atoms with E-state index in [1.807, 2.05) is 0 Å². The molecule has 0 atom stereocenters. The number of rotatable bonds is 4. The average molecular weight is 386 g/mol. The number of aromatic nitrogens is 2. The van der Waals surface area contributed by atoms with E-state index in [1.54, 1.807) is 13.0 Å². The van der Waals surface area contributed by atoms with Crippen molar-refractivity contribution in [2.75, 3.05) is 37.4 Å². The first kappa shape index (κ1) is 10.8. The molecule has 0 aliphatic carbocycles. The molecule has 128 valence electrons.